The van der Waals surface area contributed by atoms with E-state index in [1.54, 1.807) is 23.7 Å². The molecule has 0 saturated carbocycles. The Labute approximate surface area is 164 Å². The Morgan fingerprint density at radius 2 is 1.64 bits per heavy atom. The van der Waals surface area contributed by atoms with Crippen LogP contribution in [-0.2, 0) is 4.79 Å². The highest BCUT2D eigenvalue weighted by Gasteiger charge is 2.11. The second kappa shape index (κ2) is 9.64. The van der Waals surface area contributed by atoms with Gasteiger partial charge in [-0.1, -0.05) is 36.4 Å². The van der Waals surface area contributed by atoms with Crippen molar-refractivity contribution >= 4 is 29.5 Å². The second-order valence-corrected chi connectivity index (χ2v) is 6.46. The molecule has 0 aliphatic carbocycles. The van der Waals surface area contributed by atoms with E-state index in [0.29, 0.717) is 5.56 Å². The molecule has 144 valence electrons. The number of carbonyl (C=O) groups is 2. The minimum Gasteiger partial charge on any atom is -0.369 e. The van der Waals surface area contributed by atoms with Gasteiger partial charge in [0.25, 0.3) is 5.91 Å². The average molecular weight is 377 g/mol. The first-order valence-corrected chi connectivity index (χ1v) is 9.16. The Balaban J connectivity index is 1.70. The molecule has 6 heteroatoms. The van der Waals surface area contributed by atoms with Crippen molar-refractivity contribution in [2.75, 3.05) is 31.1 Å². The van der Waals surface area contributed by atoms with Gasteiger partial charge < -0.3 is 10.2 Å². The van der Waals surface area contributed by atoms with Crippen LogP contribution in [0.15, 0.2) is 60.7 Å². The normalized spacial score (nSPS) is 14.5. The van der Waals surface area contributed by atoms with Gasteiger partial charge in [0.1, 0.15) is 0 Å². The van der Waals surface area contributed by atoms with Crippen LogP contribution in [0.4, 0.5) is 5.69 Å². The van der Waals surface area contributed by atoms with Gasteiger partial charge in [-0.05, 0) is 41.5 Å². The van der Waals surface area contributed by atoms with E-state index in [-0.39, 0.29) is 5.78 Å². The summed E-state index contributed by atoms with van der Waals surface area (Å²) in [6.07, 6.45) is 6.13. The summed E-state index contributed by atoms with van der Waals surface area (Å²) in [4.78, 5) is 25.9. The van der Waals surface area contributed by atoms with Crippen LogP contribution in [0, 0.1) is 0 Å². The number of benzene rings is 2. The molecule has 3 N–H and O–H groups in total. The third-order valence-corrected chi connectivity index (χ3v) is 4.49. The van der Waals surface area contributed by atoms with Crippen molar-refractivity contribution in [2.45, 2.75) is 0 Å². The minimum atomic E-state index is -0.597. The van der Waals surface area contributed by atoms with Crippen molar-refractivity contribution < 1.29 is 14.8 Å². The van der Waals surface area contributed by atoms with Crippen molar-refractivity contribution in [2.24, 2.45) is 0 Å². The quantitative estimate of drug-likeness (QED) is 0.312. The van der Waals surface area contributed by atoms with Gasteiger partial charge >= 0.3 is 0 Å². The summed E-state index contributed by atoms with van der Waals surface area (Å²) < 4.78 is 0. The number of hydroxylamine groups is 1. The molecule has 2 aromatic carbocycles. The lowest BCUT2D eigenvalue weighted by atomic mass is 10.1. The van der Waals surface area contributed by atoms with Crippen molar-refractivity contribution in [1.82, 2.24) is 10.8 Å². The Morgan fingerprint density at radius 3 is 2.36 bits per heavy atom. The molecule has 6 nitrogen and oxygen atoms in total. The Bertz CT molecular complexity index is 899. The van der Waals surface area contributed by atoms with Crippen LogP contribution in [0.5, 0.6) is 0 Å². The van der Waals surface area contributed by atoms with Crippen LogP contribution >= 0.6 is 0 Å². The molecule has 0 radical (unpaired) electrons. The SMILES string of the molecule is O=C(/C=C/c1cccc(/C=C/C(=O)c2cccc(N3CCNCC3)c2)c1)NO. The minimum absolute atomic E-state index is 0.0578. The standard InChI is InChI=1S/C22H23N3O3/c26-21(19-5-2-6-20(16-19)25-13-11-23-12-14-25)9-7-17-3-1-4-18(15-17)8-10-22(27)24-28/h1-10,15-16,23,28H,11-14H2,(H,24,27)/b9-7+,10-8+. The van der Waals surface area contributed by atoms with Crippen LogP contribution in [0.2, 0.25) is 0 Å². The molecule has 0 unspecified atom stereocenters. The summed E-state index contributed by atoms with van der Waals surface area (Å²) in [6.45, 7) is 3.76. The van der Waals surface area contributed by atoms with Crippen molar-refractivity contribution in [3.63, 3.8) is 0 Å². The average Bonchev–Trinajstić information content (AvgIpc) is 2.76. The fraction of sp³-hybridized carbons (Fsp3) is 0.182. The molecule has 1 heterocycles. The summed E-state index contributed by atoms with van der Waals surface area (Å²) in [7, 11) is 0. The Kier molecular flexibility index (Phi) is 6.73. The number of carbonyl (C=O) groups excluding carboxylic acids is 2. The summed E-state index contributed by atoms with van der Waals surface area (Å²) in [5.74, 6) is -0.655. The van der Waals surface area contributed by atoms with E-state index in [9.17, 15) is 9.59 Å². The third-order valence-electron chi connectivity index (χ3n) is 4.49. The first kappa shape index (κ1) is 19.5. The molecule has 1 aliphatic heterocycles. The van der Waals surface area contributed by atoms with Gasteiger partial charge in [0.05, 0.1) is 0 Å². The summed E-state index contributed by atoms with van der Waals surface area (Å²) in [5, 5.41) is 11.8. The smallest absolute Gasteiger partial charge is 0.267 e. The van der Waals surface area contributed by atoms with Gasteiger partial charge in [-0.15, -0.1) is 0 Å². The second-order valence-electron chi connectivity index (χ2n) is 6.46. The van der Waals surface area contributed by atoms with Gasteiger partial charge in [-0.2, -0.15) is 0 Å². The third kappa shape index (κ3) is 5.39. The van der Waals surface area contributed by atoms with E-state index < -0.39 is 5.91 Å². The molecule has 0 bridgehead atoms. The lowest BCUT2D eigenvalue weighted by Crippen LogP contribution is -2.43. The van der Waals surface area contributed by atoms with Gasteiger partial charge in [-0.3, -0.25) is 14.8 Å². The topological polar surface area (TPSA) is 81.7 Å². The predicted molar refractivity (Wildman–Crippen MR) is 110 cm³/mol. The van der Waals surface area contributed by atoms with E-state index >= 15 is 0 Å². The first-order chi connectivity index (χ1) is 13.7. The van der Waals surface area contributed by atoms with Crippen LogP contribution in [0.1, 0.15) is 21.5 Å². The van der Waals surface area contributed by atoms with Crippen molar-refractivity contribution in [3.8, 4) is 0 Å². The molecule has 28 heavy (non-hydrogen) atoms. The number of hydrogen-bond donors (Lipinski definition) is 3. The molecule has 0 spiro atoms. The van der Waals surface area contributed by atoms with Gasteiger partial charge in [0, 0.05) is 43.5 Å². The fourth-order valence-electron chi connectivity index (χ4n) is 3.02. The van der Waals surface area contributed by atoms with Gasteiger partial charge in [0.2, 0.25) is 0 Å². The first-order valence-electron chi connectivity index (χ1n) is 9.16. The molecule has 3 rings (SSSR count). The number of piperazine rings is 1. The number of anilines is 1. The predicted octanol–water partition coefficient (Wildman–Crippen LogP) is 2.51. The molecule has 1 saturated heterocycles. The fourth-order valence-corrected chi connectivity index (χ4v) is 3.02. The number of amides is 1. The highest BCUT2D eigenvalue weighted by molar-refractivity contribution is 6.07. The molecule has 1 amide bonds. The number of hydrogen-bond acceptors (Lipinski definition) is 5. The largest absolute Gasteiger partial charge is 0.369 e. The van der Waals surface area contributed by atoms with E-state index in [4.69, 9.17) is 5.21 Å². The maximum Gasteiger partial charge on any atom is 0.267 e. The zero-order chi connectivity index (χ0) is 19.8. The van der Waals surface area contributed by atoms with Gasteiger partial charge in [-0.25, -0.2) is 5.48 Å². The van der Waals surface area contributed by atoms with Crippen molar-refractivity contribution in [3.05, 3.63) is 77.4 Å². The molecule has 2 aromatic rings. The van der Waals surface area contributed by atoms with Crippen molar-refractivity contribution in [1.29, 1.82) is 0 Å². The van der Waals surface area contributed by atoms with Crippen LogP contribution in [0.3, 0.4) is 0 Å². The number of ketones is 1. The monoisotopic (exact) mass is 377 g/mol. The van der Waals surface area contributed by atoms with Crippen LogP contribution in [-0.4, -0.2) is 43.1 Å². The van der Waals surface area contributed by atoms with Gasteiger partial charge in [0.15, 0.2) is 5.78 Å². The van der Waals surface area contributed by atoms with E-state index in [0.717, 1.165) is 43.0 Å². The summed E-state index contributed by atoms with van der Waals surface area (Å²) in [6, 6.07) is 15.1. The summed E-state index contributed by atoms with van der Waals surface area (Å²) in [5.41, 5.74) is 4.90. The highest BCUT2D eigenvalue weighted by atomic mass is 16.5. The maximum absolute atomic E-state index is 12.6. The van der Waals surface area contributed by atoms with Crippen LogP contribution in [0.25, 0.3) is 12.2 Å². The molecule has 0 atom stereocenters. The zero-order valence-corrected chi connectivity index (χ0v) is 15.5. The molecule has 1 fully saturated rings. The highest BCUT2D eigenvalue weighted by Crippen LogP contribution is 2.18. The molecular weight excluding hydrogens is 354 g/mol. The van der Waals surface area contributed by atoms with E-state index in [1.807, 2.05) is 48.5 Å². The molecule has 0 aromatic heterocycles. The lowest BCUT2D eigenvalue weighted by Gasteiger charge is -2.29. The molecule has 1 aliphatic rings. The number of nitrogens with zero attached hydrogens (tertiary/aromatic N) is 1. The van der Waals surface area contributed by atoms with E-state index in [2.05, 4.69) is 10.2 Å². The Morgan fingerprint density at radius 1 is 0.964 bits per heavy atom. The maximum atomic E-state index is 12.6. The zero-order valence-electron chi connectivity index (χ0n) is 15.5. The lowest BCUT2D eigenvalue weighted by molar-refractivity contribution is -0.124. The Hall–Kier alpha value is -3.22. The van der Waals surface area contributed by atoms with Crippen LogP contribution < -0.4 is 15.7 Å². The summed E-state index contributed by atoms with van der Waals surface area (Å²) >= 11 is 0. The van der Waals surface area contributed by atoms with E-state index in [1.165, 1.54) is 6.08 Å². The number of rotatable bonds is 6. The number of allylic oxidation sites excluding steroid dienone is 1. The number of nitrogens with one attached hydrogen (secondary N) is 2. The molecular formula is C22H23N3O3.